The number of rotatable bonds is 4. The van der Waals surface area contributed by atoms with Gasteiger partial charge in [-0.05, 0) is 36.5 Å². The van der Waals surface area contributed by atoms with Crippen molar-refractivity contribution in [3.63, 3.8) is 0 Å². The van der Waals surface area contributed by atoms with Gasteiger partial charge in [-0.25, -0.2) is 0 Å². The molecule has 1 N–H and O–H groups in total. The first-order valence-electron chi connectivity index (χ1n) is 8.06. The summed E-state index contributed by atoms with van der Waals surface area (Å²) in [4.78, 5) is 4.58. The standard InChI is InChI=1S/C19H24N2/c1-15-9-5-6-12-17(15)21-19(16-10-3-2-4-11-16)18-13-7-8-14-20-18/h2-4,7-8,10-11,13-15,17,19,21H,5-6,9,12H2,1H3. The van der Waals surface area contributed by atoms with E-state index in [0.717, 1.165) is 11.6 Å². The van der Waals surface area contributed by atoms with E-state index in [4.69, 9.17) is 0 Å². The molecule has 3 atom stereocenters. The van der Waals surface area contributed by atoms with E-state index < -0.39 is 0 Å². The van der Waals surface area contributed by atoms with Crippen LogP contribution in [-0.4, -0.2) is 11.0 Å². The second kappa shape index (κ2) is 6.86. The average Bonchev–Trinajstić information content (AvgIpc) is 2.56. The van der Waals surface area contributed by atoms with Crippen molar-refractivity contribution < 1.29 is 0 Å². The van der Waals surface area contributed by atoms with Crippen molar-refractivity contribution in [1.29, 1.82) is 0 Å². The molecule has 1 fully saturated rings. The van der Waals surface area contributed by atoms with Crippen molar-refractivity contribution >= 4 is 0 Å². The maximum atomic E-state index is 4.58. The zero-order valence-corrected chi connectivity index (χ0v) is 12.7. The molecule has 0 amide bonds. The molecule has 110 valence electrons. The summed E-state index contributed by atoms with van der Waals surface area (Å²) in [5, 5.41) is 3.88. The number of nitrogens with one attached hydrogen (secondary N) is 1. The summed E-state index contributed by atoms with van der Waals surface area (Å²) in [7, 11) is 0. The fraction of sp³-hybridized carbons (Fsp3) is 0.421. The Balaban J connectivity index is 1.86. The zero-order valence-electron chi connectivity index (χ0n) is 12.7. The van der Waals surface area contributed by atoms with Crippen LogP contribution in [0.5, 0.6) is 0 Å². The molecule has 1 aliphatic carbocycles. The molecule has 21 heavy (non-hydrogen) atoms. The molecular formula is C19H24N2. The Labute approximate surface area is 127 Å². The highest BCUT2D eigenvalue weighted by Gasteiger charge is 2.25. The molecule has 1 aromatic heterocycles. The molecule has 1 saturated carbocycles. The van der Waals surface area contributed by atoms with Gasteiger partial charge in [0.05, 0.1) is 11.7 Å². The van der Waals surface area contributed by atoms with E-state index in [9.17, 15) is 0 Å². The van der Waals surface area contributed by atoms with Gasteiger partial charge in [0.2, 0.25) is 0 Å². The Hall–Kier alpha value is -1.67. The van der Waals surface area contributed by atoms with Crippen molar-refractivity contribution in [3.05, 3.63) is 66.0 Å². The number of nitrogens with zero attached hydrogens (tertiary/aromatic N) is 1. The molecule has 1 aromatic carbocycles. The molecule has 3 rings (SSSR count). The molecule has 2 nitrogen and oxygen atoms in total. The van der Waals surface area contributed by atoms with Gasteiger partial charge in [0, 0.05) is 12.2 Å². The normalized spacial score (nSPS) is 23.7. The Morgan fingerprint density at radius 1 is 1.00 bits per heavy atom. The highest BCUT2D eigenvalue weighted by Crippen LogP contribution is 2.28. The van der Waals surface area contributed by atoms with Crippen molar-refractivity contribution in [2.75, 3.05) is 0 Å². The second-order valence-corrected chi connectivity index (χ2v) is 6.13. The van der Waals surface area contributed by atoms with Gasteiger partial charge >= 0.3 is 0 Å². The van der Waals surface area contributed by atoms with Gasteiger partial charge < -0.3 is 5.32 Å². The van der Waals surface area contributed by atoms with Crippen LogP contribution in [0.15, 0.2) is 54.7 Å². The Kier molecular flexibility index (Phi) is 4.66. The second-order valence-electron chi connectivity index (χ2n) is 6.13. The molecule has 0 aliphatic heterocycles. The van der Waals surface area contributed by atoms with Crippen molar-refractivity contribution in [1.82, 2.24) is 10.3 Å². The molecule has 2 heteroatoms. The summed E-state index contributed by atoms with van der Waals surface area (Å²) in [5.74, 6) is 0.744. The van der Waals surface area contributed by atoms with E-state index in [1.807, 2.05) is 12.3 Å². The van der Waals surface area contributed by atoms with Crippen LogP contribution < -0.4 is 5.32 Å². The average molecular weight is 280 g/mol. The van der Waals surface area contributed by atoms with Crippen LogP contribution in [0.2, 0.25) is 0 Å². The number of pyridine rings is 1. The van der Waals surface area contributed by atoms with Crippen LogP contribution >= 0.6 is 0 Å². The number of benzene rings is 1. The van der Waals surface area contributed by atoms with Crippen LogP contribution in [0.4, 0.5) is 0 Å². The molecule has 0 spiro atoms. The molecule has 0 radical (unpaired) electrons. The largest absolute Gasteiger partial charge is 0.302 e. The van der Waals surface area contributed by atoms with Gasteiger partial charge in [-0.2, -0.15) is 0 Å². The van der Waals surface area contributed by atoms with Gasteiger partial charge in [0.15, 0.2) is 0 Å². The highest BCUT2D eigenvalue weighted by molar-refractivity contribution is 5.27. The fourth-order valence-electron chi connectivity index (χ4n) is 3.32. The number of hydrogen-bond acceptors (Lipinski definition) is 2. The molecule has 0 saturated heterocycles. The third-order valence-corrected chi connectivity index (χ3v) is 4.61. The lowest BCUT2D eigenvalue weighted by molar-refractivity contribution is 0.267. The smallest absolute Gasteiger partial charge is 0.0753 e. The van der Waals surface area contributed by atoms with E-state index in [0.29, 0.717) is 6.04 Å². The molecule has 2 aromatic rings. The van der Waals surface area contributed by atoms with Crippen LogP contribution in [0.1, 0.15) is 49.9 Å². The van der Waals surface area contributed by atoms with Crippen molar-refractivity contribution in [3.8, 4) is 0 Å². The van der Waals surface area contributed by atoms with Crippen LogP contribution in [0, 0.1) is 5.92 Å². The number of hydrogen-bond donors (Lipinski definition) is 1. The minimum Gasteiger partial charge on any atom is -0.302 e. The SMILES string of the molecule is CC1CCCCC1NC(c1ccccc1)c1ccccn1. The van der Waals surface area contributed by atoms with Crippen LogP contribution in [0.3, 0.4) is 0 Å². The van der Waals surface area contributed by atoms with Gasteiger partial charge in [0.25, 0.3) is 0 Å². The first kappa shape index (κ1) is 14.3. The van der Waals surface area contributed by atoms with E-state index in [1.165, 1.54) is 31.2 Å². The Bertz CT molecular complexity index is 499. The van der Waals surface area contributed by atoms with Gasteiger partial charge in [-0.15, -0.1) is 0 Å². The predicted molar refractivity (Wildman–Crippen MR) is 87.1 cm³/mol. The van der Waals surface area contributed by atoms with Gasteiger partial charge in [0.1, 0.15) is 0 Å². The maximum absolute atomic E-state index is 4.58. The predicted octanol–water partition coefficient (Wildman–Crippen LogP) is 4.34. The lowest BCUT2D eigenvalue weighted by Crippen LogP contribution is -2.40. The van der Waals surface area contributed by atoms with E-state index >= 15 is 0 Å². The van der Waals surface area contributed by atoms with E-state index in [1.54, 1.807) is 0 Å². The molecule has 1 heterocycles. The van der Waals surface area contributed by atoms with Crippen LogP contribution in [0.25, 0.3) is 0 Å². The van der Waals surface area contributed by atoms with Crippen molar-refractivity contribution in [2.45, 2.75) is 44.7 Å². The summed E-state index contributed by atoms with van der Waals surface area (Å²) in [6, 6.07) is 17.6. The zero-order chi connectivity index (χ0) is 14.5. The number of aromatic nitrogens is 1. The monoisotopic (exact) mass is 280 g/mol. The molecule has 1 aliphatic rings. The Morgan fingerprint density at radius 2 is 1.76 bits per heavy atom. The summed E-state index contributed by atoms with van der Waals surface area (Å²) in [6.07, 6.45) is 7.21. The Morgan fingerprint density at radius 3 is 2.48 bits per heavy atom. The third-order valence-electron chi connectivity index (χ3n) is 4.61. The third kappa shape index (κ3) is 3.51. The molecule has 0 bridgehead atoms. The van der Waals surface area contributed by atoms with Crippen molar-refractivity contribution in [2.24, 2.45) is 5.92 Å². The topological polar surface area (TPSA) is 24.9 Å². The molecule has 3 unspecified atom stereocenters. The highest BCUT2D eigenvalue weighted by atomic mass is 15.0. The summed E-state index contributed by atoms with van der Waals surface area (Å²) in [5.41, 5.74) is 2.41. The molecular weight excluding hydrogens is 256 g/mol. The summed E-state index contributed by atoms with van der Waals surface area (Å²) >= 11 is 0. The maximum Gasteiger partial charge on any atom is 0.0753 e. The fourth-order valence-corrected chi connectivity index (χ4v) is 3.32. The van der Waals surface area contributed by atoms with Crippen LogP contribution in [-0.2, 0) is 0 Å². The summed E-state index contributed by atoms with van der Waals surface area (Å²) < 4.78 is 0. The van der Waals surface area contributed by atoms with Gasteiger partial charge in [-0.1, -0.05) is 56.2 Å². The lowest BCUT2D eigenvalue weighted by atomic mass is 9.85. The van der Waals surface area contributed by atoms with Gasteiger partial charge in [-0.3, -0.25) is 4.98 Å². The minimum atomic E-state index is 0.193. The first-order chi connectivity index (χ1) is 10.3. The quantitative estimate of drug-likeness (QED) is 0.901. The lowest BCUT2D eigenvalue weighted by Gasteiger charge is -2.33. The summed E-state index contributed by atoms with van der Waals surface area (Å²) in [6.45, 7) is 2.37. The van der Waals surface area contributed by atoms with E-state index in [2.05, 4.69) is 59.7 Å². The first-order valence-corrected chi connectivity index (χ1v) is 8.06. The minimum absolute atomic E-state index is 0.193. The van der Waals surface area contributed by atoms with E-state index in [-0.39, 0.29) is 6.04 Å².